The third kappa shape index (κ3) is 3.85. The van der Waals surface area contributed by atoms with Crippen LogP contribution in [0, 0.1) is 17.7 Å². The normalized spacial score (nSPS) is 15.2. The lowest BCUT2D eigenvalue weighted by Crippen LogP contribution is -2.20. The van der Waals surface area contributed by atoms with Gasteiger partial charge in [-0.25, -0.2) is 4.39 Å². The van der Waals surface area contributed by atoms with Crippen molar-refractivity contribution in [1.82, 2.24) is 0 Å². The monoisotopic (exact) mass is 350 g/mol. The highest BCUT2D eigenvalue weighted by atomic mass is 79.9. The lowest BCUT2D eigenvalue weighted by atomic mass is 9.87. The predicted molar refractivity (Wildman–Crippen MR) is 74.5 cm³/mol. The van der Waals surface area contributed by atoms with Gasteiger partial charge in [0.1, 0.15) is 5.82 Å². The Kier molecular flexibility index (Phi) is 5.45. The maximum Gasteiger partial charge on any atom is 0.137 e. The van der Waals surface area contributed by atoms with E-state index in [2.05, 4.69) is 52.6 Å². The number of hydrogen-bond acceptors (Lipinski definition) is 0. The first-order valence-electron chi connectivity index (χ1n) is 5.49. The standard InChI is InChI=1S/C13H17Br2F/c1-8(2)11(9(3)14)6-10-4-5-13(16)12(15)7-10/h4-5,7-9,11H,6H2,1-3H3. The molecule has 0 aliphatic carbocycles. The molecule has 0 fully saturated rings. The molecule has 0 N–H and O–H groups in total. The van der Waals surface area contributed by atoms with E-state index in [4.69, 9.17) is 0 Å². The Morgan fingerprint density at radius 1 is 1.25 bits per heavy atom. The van der Waals surface area contributed by atoms with Crippen molar-refractivity contribution in [2.45, 2.75) is 32.0 Å². The highest BCUT2D eigenvalue weighted by molar-refractivity contribution is 9.10. The lowest BCUT2D eigenvalue weighted by Gasteiger charge is -2.23. The molecule has 1 rings (SSSR count). The van der Waals surface area contributed by atoms with E-state index in [-0.39, 0.29) is 5.82 Å². The third-order valence-electron chi connectivity index (χ3n) is 2.90. The molecule has 3 heteroatoms. The molecule has 0 bridgehead atoms. The van der Waals surface area contributed by atoms with E-state index in [1.54, 1.807) is 0 Å². The maximum atomic E-state index is 13.1. The predicted octanol–water partition coefficient (Wildman–Crippen LogP) is 5.19. The summed E-state index contributed by atoms with van der Waals surface area (Å²) in [6.45, 7) is 6.62. The van der Waals surface area contributed by atoms with Crippen molar-refractivity contribution in [2.75, 3.05) is 0 Å². The first kappa shape index (κ1) is 14.2. The molecule has 0 spiro atoms. The Morgan fingerprint density at radius 3 is 2.31 bits per heavy atom. The van der Waals surface area contributed by atoms with Gasteiger partial charge in [0.25, 0.3) is 0 Å². The molecule has 0 amide bonds. The molecule has 2 atom stereocenters. The Hall–Kier alpha value is 0.110. The van der Waals surface area contributed by atoms with E-state index in [0.717, 1.165) is 6.42 Å². The Balaban J connectivity index is 2.81. The van der Waals surface area contributed by atoms with Crippen LogP contribution >= 0.6 is 31.9 Å². The molecule has 0 aliphatic rings. The summed E-state index contributed by atoms with van der Waals surface area (Å²) in [5.74, 6) is 0.979. The van der Waals surface area contributed by atoms with Crippen molar-refractivity contribution in [3.63, 3.8) is 0 Å². The molecular formula is C13H17Br2F. The highest BCUT2D eigenvalue weighted by Crippen LogP contribution is 2.27. The lowest BCUT2D eigenvalue weighted by molar-refractivity contribution is 0.383. The number of rotatable bonds is 4. The maximum absolute atomic E-state index is 13.1. The Labute approximate surface area is 114 Å². The van der Waals surface area contributed by atoms with Crippen molar-refractivity contribution in [1.29, 1.82) is 0 Å². The zero-order chi connectivity index (χ0) is 12.3. The van der Waals surface area contributed by atoms with Gasteiger partial charge in [0.05, 0.1) is 4.47 Å². The van der Waals surface area contributed by atoms with Gasteiger partial charge in [-0.1, -0.05) is 42.8 Å². The topological polar surface area (TPSA) is 0 Å². The Bertz CT molecular complexity index is 340. The smallest absolute Gasteiger partial charge is 0.137 e. The van der Waals surface area contributed by atoms with Gasteiger partial charge in [-0.2, -0.15) is 0 Å². The molecule has 0 nitrogen and oxygen atoms in total. The first-order valence-corrected chi connectivity index (χ1v) is 7.20. The number of halogens is 3. The Morgan fingerprint density at radius 2 is 1.88 bits per heavy atom. The molecule has 0 radical (unpaired) electrons. The molecule has 0 saturated carbocycles. The average Bonchev–Trinajstić information content (AvgIpc) is 2.18. The van der Waals surface area contributed by atoms with Gasteiger partial charge >= 0.3 is 0 Å². The highest BCUT2D eigenvalue weighted by Gasteiger charge is 2.19. The van der Waals surface area contributed by atoms with Gasteiger partial charge in [0.15, 0.2) is 0 Å². The zero-order valence-corrected chi connectivity index (χ0v) is 13.0. The van der Waals surface area contributed by atoms with Crippen LogP contribution in [0.3, 0.4) is 0 Å². The van der Waals surface area contributed by atoms with Gasteiger partial charge in [0, 0.05) is 4.83 Å². The summed E-state index contributed by atoms with van der Waals surface area (Å²) in [5.41, 5.74) is 1.18. The van der Waals surface area contributed by atoms with Gasteiger partial charge in [-0.3, -0.25) is 0 Å². The van der Waals surface area contributed by atoms with Crippen molar-refractivity contribution in [3.05, 3.63) is 34.1 Å². The van der Waals surface area contributed by atoms with Gasteiger partial charge in [-0.05, 0) is 51.9 Å². The molecule has 0 aliphatic heterocycles. The van der Waals surface area contributed by atoms with Gasteiger partial charge < -0.3 is 0 Å². The number of hydrogen-bond donors (Lipinski definition) is 0. The minimum Gasteiger partial charge on any atom is -0.206 e. The zero-order valence-electron chi connectivity index (χ0n) is 9.81. The summed E-state index contributed by atoms with van der Waals surface area (Å²) < 4.78 is 13.6. The quantitative estimate of drug-likeness (QED) is 0.655. The van der Waals surface area contributed by atoms with Gasteiger partial charge in [0.2, 0.25) is 0 Å². The largest absolute Gasteiger partial charge is 0.206 e. The van der Waals surface area contributed by atoms with E-state index in [1.807, 2.05) is 12.1 Å². The number of benzene rings is 1. The molecule has 1 aromatic carbocycles. The van der Waals surface area contributed by atoms with Crippen LogP contribution < -0.4 is 0 Å². The van der Waals surface area contributed by atoms with Crippen molar-refractivity contribution in [3.8, 4) is 0 Å². The molecule has 1 aromatic rings. The van der Waals surface area contributed by atoms with E-state index in [0.29, 0.717) is 21.1 Å². The molecule has 0 aromatic heterocycles. The summed E-state index contributed by atoms with van der Waals surface area (Å²) in [7, 11) is 0. The van der Waals surface area contributed by atoms with Crippen LogP contribution in [0.4, 0.5) is 4.39 Å². The summed E-state index contributed by atoms with van der Waals surface area (Å²) in [4.78, 5) is 0.469. The molecule has 0 heterocycles. The van der Waals surface area contributed by atoms with Crippen LogP contribution in [0.15, 0.2) is 22.7 Å². The molecule has 90 valence electrons. The second-order valence-electron chi connectivity index (χ2n) is 4.54. The van der Waals surface area contributed by atoms with Crippen LogP contribution in [-0.2, 0) is 6.42 Å². The fourth-order valence-electron chi connectivity index (χ4n) is 1.87. The fraction of sp³-hybridized carbons (Fsp3) is 0.538. The fourth-order valence-corrected chi connectivity index (χ4v) is 3.09. The summed E-state index contributed by atoms with van der Waals surface area (Å²) in [5, 5.41) is 0. The van der Waals surface area contributed by atoms with Crippen LogP contribution in [0.2, 0.25) is 0 Å². The molecular weight excluding hydrogens is 335 g/mol. The van der Waals surface area contributed by atoms with Crippen molar-refractivity contribution < 1.29 is 4.39 Å². The van der Waals surface area contributed by atoms with E-state index < -0.39 is 0 Å². The second-order valence-corrected chi connectivity index (χ2v) is 6.84. The minimum absolute atomic E-state index is 0.197. The van der Waals surface area contributed by atoms with E-state index >= 15 is 0 Å². The second kappa shape index (κ2) is 6.15. The minimum atomic E-state index is -0.197. The number of alkyl halides is 1. The van der Waals surface area contributed by atoms with Crippen LogP contribution in [0.25, 0.3) is 0 Å². The van der Waals surface area contributed by atoms with Crippen molar-refractivity contribution >= 4 is 31.9 Å². The molecule has 2 unspecified atom stereocenters. The third-order valence-corrected chi connectivity index (χ3v) is 4.19. The average molecular weight is 352 g/mol. The first-order chi connectivity index (χ1) is 7.41. The molecule has 16 heavy (non-hydrogen) atoms. The van der Waals surface area contributed by atoms with Crippen molar-refractivity contribution in [2.24, 2.45) is 11.8 Å². The summed E-state index contributed by atoms with van der Waals surface area (Å²) >= 11 is 6.87. The SMILES string of the molecule is CC(C)C(Cc1ccc(F)c(Br)c1)C(C)Br. The van der Waals surface area contributed by atoms with Crippen LogP contribution in [0.5, 0.6) is 0 Å². The summed E-state index contributed by atoms with van der Waals surface area (Å²) in [6.07, 6.45) is 0.975. The summed E-state index contributed by atoms with van der Waals surface area (Å²) in [6, 6.07) is 5.26. The van der Waals surface area contributed by atoms with Gasteiger partial charge in [-0.15, -0.1) is 0 Å². The van der Waals surface area contributed by atoms with Crippen LogP contribution in [0.1, 0.15) is 26.3 Å². The van der Waals surface area contributed by atoms with E-state index in [9.17, 15) is 4.39 Å². The van der Waals surface area contributed by atoms with E-state index in [1.165, 1.54) is 11.6 Å². The van der Waals surface area contributed by atoms with Crippen LogP contribution in [-0.4, -0.2) is 4.83 Å². The molecule has 0 saturated heterocycles.